The highest BCUT2D eigenvalue weighted by molar-refractivity contribution is 7.17. The van der Waals surface area contributed by atoms with E-state index in [-0.39, 0.29) is 17.3 Å². The van der Waals surface area contributed by atoms with Crippen molar-refractivity contribution < 1.29 is 14.3 Å². The minimum atomic E-state index is -0.387. The van der Waals surface area contributed by atoms with Gasteiger partial charge in [0.25, 0.3) is 5.91 Å². The fraction of sp³-hybridized carbons (Fsp3) is 0.450. The number of amides is 1. The molecule has 2 heterocycles. The summed E-state index contributed by atoms with van der Waals surface area (Å²) in [6.45, 7) is 6.76. The third-order valence-corrected chi connectivity index (χ3v) is 6.22. The van der Waals surface area contributed by atoms with Gasteiger partial charge in [0.2, 0.25) is 0 Å². The maximum atomic E-state index is 12.5. The average molecular weight is 372 g/mol. The molecule has 138 valence electrons. The van der Waals surface area contributed by atoms with Gasteiger partial charge < -0.3 is 10.1 Å². The molecule has 0 radical (unpaired) electrons. The minimum absolute atomic E-state index is 0.216. The Labute approximate surface area is 157 Å². The molecule has 0 bridgehead atoms. The van der Waals surface area contributed by atoms with Gasteiger partial charge in [-0.05, 0) is 48.3 Å². The van der Waals surface area contributed by atoms with Crippen LogP contribution >= 0.6 is 11.3 Å². The number of nitrogens with zero attached hydrogens (tertiary/aromatic N) is 1. The van der Waals surface area contributed by atoms with Crippen LogP contribution in [0.3, 0.4) is 0 Å². The predicted molar refractivity (Wildman–Crippen MR) is 103 cm³/mol. The first-order valence-electron chi connectivity index (χ1n) is 8.75. The summed E-state index contributed by atoms with van der Waals surface area (Å²) in [5, 5.41) is 3.49. The largest absolute Gasteiger partial charge is 0.465 e. The number of pyridine rings is 1. The lowest BCUT2D eigenvalue weighted by Crippen LogP contribution is -2.26. The van der Waals surface area contributed by atoms with E-state index in [9.17, 15) is 9.59 Å². The number of ether oxygens (including phenoxy) is 1. The molecule has 1 aliphatic rings. The van der Waals surface area contributed by atoms with E-state index in [1.807, 2.05) is 0 Å². The Bertz CT molecular complexity index is 822. The molecule has 0 saturated carbocycles. The van der Waals surface area contributed by atoms with Crippen molar-refractivity contribution in [3.8, 4) is 0 Å². The van der Waals surface area contributed by atoms with Gasteiger partial charge in [0, 0.05) is 22.8 Å². The maximum absolute atomic E-state index is 12.5. The highest BCUT2D eigenvalue weighted by atomic mass is 32.1. The van der Waals surface area contributed by atoms with Crippen LogP contribution in [0.4, 0.5) is 5.00 Å². The predicted octanol–water partition coefficient (Wildman–Crippen LogP) is 4.33. The van der Waals surface area contributed by atoms with E-state index in [0.29, 0.717) is 22.0 Å². The molecule has 2 aromatic rings. The van der Waals surface area contributed by atoms with Gasteiger partial charge in [0.05, 0.1) is 12.7 Å². The van der Waals surface area contributed by atoms with Gasteiger partial charge in [-0.3, -0.25) is 9.78 Å². The van der Waals surface area contributed by atoms with Gasteiger partial charge in [0.1, 0.15) is 5.00 Å². The number of rotatable bonds is 3. The van der Waals surface area contributed by atoms with Crippen molar-refractivity contribution in [2.75, 3.05) is 12.4 Å². The third kappa shape index (κ3) is 3.65. The Hall–Kier alpha value is -2.21. The number of methoxy groups -OCH3 is 1. The first-order chi connectivity index (χ1) is 12.3. The van der Waals surface area contributed by atoms with Crippen molar-refractivity contribution in [3.63, 3.8) is 0 Å². The number of esters is 1. The molecule has 2 aromatic heterocycles. The Kier molecular flexibility index (Phi) is 5.14. The summed E-state index contributed by atoms with van der Waals surface area (Å²) >= 11 is 1.50. The number of aromatic nitrogens is 1. The molecule has 3 rings (SSSR count). The van der Waals surface area contributed by atoms with Gasteiger partial charge in [0.15, 0.2) is 0 Å². The first kappa shape index (κ1) is 18.6. The van der Waals surface area contributed by atoms with E-state index < -0.39 is 0 Å². The first-order valence-corrected chi connectivity index (χ1v) is 9.57. The monoisotopic (exact) mass is 372 g/mol. The Morgan fingerprint density at radius 3 is 2.58 bits per heavy atom. The lowest BCUT2D eigenvalue weighted by molar-refractivity contribution is 0.0600. The van der Waals surface area contributed by atoms with Crippen LogP contribution in [0.25, 0.3) is 0 Å². The smallest absolute Gasteiger partial charge is 0.341 e. The molecule has 0 spiro atoms. The molecule has 5 nitrogen and oxygen atoms in total. The average Bonchev–Trinajstić information content (AvgIpc) is 2.98. The fourth-order valence-corrected chi connectivity index (χ4v) is 4.72. The van der Waals surface area contributed by atoms with Crippen LogP contribution in [0.15, 0.2) is 24.5 Å². The molecule has 0 aromatic carbocycles. The third-order valence-electron chi connectivity index (χ3n) is 5.05. The van der Waals surface area contributed by atoms with Crippen LogP contribution in [0, 0.1) is 11.3 Å². The number of anilines is 1. The zero-order chi connectivity index (χ0) is 18.9. The number of thiophene rings is 1. The molecule has 26 heavy (non-hydrogen) atoms. The second-order valence-corrected chi connectivity index (χ2v) is 8.80. The summed E-state index contributed by atoms with van der Waals surface area (Å²) in [5.74, 6) is -0.0758. The van der Waals surface area contributed by atoms with Gasteiger partial charge in [-0.2, -0.15) is 0 Å². The molecular formula is C20H24N2O3S. The lowest BCUT2D eigenvalue weighted by Gasteiger charge is -2.33. The van der Waals surface area contributed by atoms with Crippen molar-refractivity contribution in [1.29, 1.82) is 0 Å². The second kappa shape index (κ2) is 7.19. The summed E-state index contributed by atoms with van der Waals surface area (Å²) in [5.41, 5.74) is 2.28. The second-order valence-electron chi connectivity index (χ2n) is 7.70. The Morgan fingerprint density at radius 2 is 1.96 bits per heavy atom. The van der Waals surface area contributed by atoms with E-state index in [1.165, 1.54) is 23.3 Å². The standard InChI is InChI=1S/C20H24N2O3S/c1-20(2,3)13-5-6-14-15(11-13)26-18(16(14)19(24)25-4)22-17(23)12-7-9-21-10-8-12/h7-10,13H,5-6,11H2,1-4H3,(H,22,23)/t13-/m0/s1. The number of hydrogen-bond acceptors (Lipinski definition) is 5. The summed E-state index contributed by atoms with van der Waals surface area (Å²) in [4.78, 5) is 30.0. The SMILES string of the molecule is COC(=O)c1c(NC(=O)c2ccncc2)sc2c1CC[C@H](C(C)(C)C)C2. The van der Waals surface area contributed by atoms with Crippen molar-refractivity contribution in [1.82, 2.24) is 4.98 Å². The number of carbonyl (C=O) groups excluding carboxylic acids is 2. The van der Waals surface area contributed by atoms with Crippen molar-refractivity contribution in [2.45, 2.75) is 40.0 Å². The molecule has 1 aliphatic carbocycles. The van der Waals surface area contributed by atoms with Gasteiger partial charge >= 0.3 is 5.97 Å². The number of nitrogens with one attached hydrogen (secondary N) is 1. The number of hydrogen-bond donors (Lipinski definition) is 1. The van der Waals surface area contributed by atoms with Crippen LogP contribution < -0.4 is 5.32 Å². The van der Waals surface area contributed by atoms with E-state index in [0.717, 1.165) is 24.8 Å². The normalized spacial score (nSPS) is 16.7. The molecule has 0 aliphatic heterocycles. The molecule has 0 saturated heterocycles. The fourth-order valence-electron chi connectivity index (χ4n) is 3.41. The van der Waals surface area contributed by atoms with E-state index in [1.54, 1.807) is 24.5 Å². The Morgan fingerprint density at radius 1 is 1.27 bits per heavy atom. The lowest BCUT2D eigenvalue weighted by atomic mass is 9.72. The number of carbonyl (C=O) groups is 2. The molecule has 1 atom stereocenters. The minimum Gasteiger partial charge on any atom is -0.465 e. The van der Waals surface area contributed by atoms with Crippen molar-refractivity contribution in [2.24, 2.45) is 11.3 Å². The van der Waals surface area contributed by atoms with E-state index >= 15 is 0 Å². The zero-order valence-corrected chi connectivity index (χ0v) is 16.4. The molecule has 1 amide bonds. The van der Waals surface area contributed by atoms with E-state index in [2.05, 4.69) is 31.1 Å². The van der Waals surface area contributed by atoms with Crippen LogP contribution in [-0.4, -0.2) is 24.0 Å². The van der Waals surface area contributed by atoms with Gasteiger partial charge in [-0.15, -0.1) is 11.3 Å². The molecular weight excluding hydrogens is 348 g/mol. The highest BCUT2D eigenvalue weighted by Gasteiger charge is 2.34. The van der Waals surface area contributed by atoms with Crippen LogP contribution in [0.1, 0.15) is 58.3 Å². The summed E-state index contributed by atoms with van der Waals surface area (Å²) in [6.07, 6.45) is 5.95. The summed E-state index contributed by atoms with van der Waals surface area (Å²) < 4.78 is 4.99. The molecule has 0 unspecified atom stereocenters. The maximum Gasteiger partial charge on any atom is 0.341 e. The summed E-state index contributed by atoms with van der Waals surface area (Å²) in [6, 6.07) is 3.30. The van der Waals surface area contributed by atoms with Gasteiger partial charge in [-0.25, -0.2) is 4.79 Å². The topological polar surface area (TPSA) is 68.3 Å². The van der Waals surface area contributed by atoms with E-state index in [4.69, 9.17) is 4.74 Å². The summed E-state index contributed by atoms with van der Waals surface area (Å²) in [7, 11) is 1.38. The van der Waals surface area contributed by atoms with Crippen molar-refractivity contribution >= 4 is 28.2 Å². The highest BCUT2D eigenvalue weighted by Crippen LogP contribution is 2.44. The number of fused-ring (bicyclic) bond motifs is 1. The quantitative estimate of drug-likeness (QED) is 0.814. The molecule has 1 N–H and O–H groups in total. The van der Waals surface area contributed by atoms with Gasteiger partial charge in [-0.1, -0.05) is 20.8 Å². The molecule has 6 heteroatoms. The van der Waals surface area contributed by atoms with Crippen LogP contribution in [0.5, 0.6) is 0 Å². The van der Waals surface area contributed by atoms with Crippen LogP contribution in [0.2, 0.25) is 0 Å². The van der Waals surface area contributed by atoms with Crippen LogP contribution in [-0.2, 0) is 17.6 Å². The molecule has 0 fully saturated rings. The zero-order valence-electron chi connectivity index (χ0n) is 15.6. The Balaban J connectivity index is 1.94. The van der Waals surface area contributed by atoms with Crippen molar-refractivity contribution in [3.05, 3.63) is 46.1 Å².